The summed E-state index contributed by atoms with van der Waals surface area (Å²) in [6, 6.07) is 32.3. The van der Waals surface area contributed by atoms with Crippen molar-refractivity contribution in [2.24, 2.45) is 0 Å². The molecule has 0 aliphatic carbocycles. The molecule has 4 aromatic carbocycles. The molecule has 0 heterocycles. The van der Waals surface area contributed by atoms with Crippen LogP contribution in [0.3, 0.4) is 0 Å². The Morgan fingerprint density at radius 2 is 0.684 bits per heavy atom. The first kappa shape index (κ1) is 26.9. The maximum atomic E-state index is 12.5. The van der Waals surface area contributed by atoms with E-state index in [0.29, 0.717) is 11.8 Å². The van der Waals surface area contributed by atoms with Gasteiger partial charge in [-0.3, -0.25) is 19.4 Å². The first-order valence-corrected chi connectivity index (χ1v) is 13.2. The van der Waals surface area contributed by atoms with Gasteiger partial charge in [-0.05, 0) is 82.6 Å². The number of benzene rings is 4. The third-order valence-corrected chi connectivity index (χ3v) is 6.85. The molecule has 0 bridgehead atoms. The van der Waals surface area contributed by atoms with Gasteiger partial charge in [0, 0.05) is 36.6 Å². The molecule has 0 unspecified atom stereocenters. The summed E-state index contributed by atoms with van der Waals surface area (Å²) in [6.45, 7) is 11.8. The summed E-state index contributed by atoms with van der Waals surface area (Å²) in [5.41, 5.74) is 7.91. The summed E-state index contributed by atoms with van der Waals surface area (Å²) in [6.07, 6.45) is 0. The van der Waals surface area contributed by atoms with Crippen molar-refractivity contribution < 1.29 is 9.59 Å². The zero-order valence-corrected chi connectivity index (χ0v) is 23.1. The van der Waals surface area contributed by atoms with E-state index in [1.165, 1.54) is 11.1 Å². The van der Waals surface area contributed by atoms with E-state index < -0.39 is 0 Å². The Kier molecular flexibility index (Phi) is 8.11. The Labute approximate surface area is 226 Å². The molecule has 0 saturated carbocycles. The zero-order chi connectivity index (χ0) is 27.4. The van der Waals surface area contributed by atoms with Gasteiger partial charge >= 0.3 is 0 Å². The molecule has 0 aromatic heterocycles. The van der Waals surface area contributed by atoms with Crippen LogP contribution >= 0.6 is 0 Å². The maximum absolute atomic E-state index is 12.5. The second kappa shape index (κ2) is 11.5. The topological polar surface area (TPSA) is 40.6 Å². The Morgan fingerprint density at radius 1 is 0.447 bits per heavy atom. The molecule has 0 aliphatic rings. The summed E-state index contributed by atoms with van der Waals surface area (Å²) >= 11 is 0. The highest BCUT2D eigenvalue weighted by Gasteiger charge is 2.16. The van der Waals surface area contributed by atoms with E-state index in [0.717, 1.165) is 33.9 Å². The van der Waals surface area contributed by atoms with E-state index in [1.807, 2.05) is 72.8 Å². The van der Waals surface area contributed by atoms with Crippen molar-refractivity contribution in [1.82, 2.24) is 0 Å². The number of carbonyl (C=O) groups is 2. The van der Waals surface area contributed by atoms with Crippen LogP contribution in [0.25, 0.3) is 11.1 Å². The lowest BCUT2D eigenvalue weighted by molar-refractivity contribution is -0.116. The molecule has 0 fully saturated rings. The zero-order valence-electron chi connectivity index (χ0n) is 23.1. The Hall–Kier alpha value is -4.18. The number of rotatable bonds is 7. The number of nitrogens with zero attached hydrogens (tertiary/aromatic N) is 2. The van der Waals surface area contributed by atoms with Crippen molar-refractivity contribution >= 4 is 34.6 Å². The highest BCUT2D eigenvalue weighted by molar-refractivity contribution is 6.00. The highest BCUT2D eigenvalue weighted by atomic mass is 16.2. The third-order valence-electron chi connectivity index (χ3n) is 6.85. The number of carbonyl (C=O) groups excluding carboxylic acids is 2. The molecule has 0 aliphatic heterocycles. The van der Waals surface area contributed by atoms with Crippen LogP contribution in [0.1, 0.15) is 64.5 Å². The highest BCUT2D eigenvalue weighted by Crippen LogP contribution is 2.32. The fourth-order valence-electron chi connectivity index (χ4n) is 4.65. The maximum Gasteiger partial charge on any atom is 0.228 e. The first-order chi connectivity index (χ1) is 18.2. The average Bonchev–Trinajstić information content (AvgIpc) is 2.90. The molecule has 0 radical (unpaired) electrons. The van der Waals surface area contributed by atoms with Crippen LogP contribution in [0.5, 0.6) is 0 Å². The molecule has 0 atom stereocenters. The number of hydrogen-bond donors (Lipinski definition) is 0. The minimum atomic E-state index is -0.0369. The van der Waals surface area contributed by atoms with Crippen LogP contribution in [-0.2, 0) is 9.59 Å². The normalized spacial score (nSPS) is 11.1. The van der Waals surface area contributed by atoms with E-state index >= 15 is 0 Å². The van der Waals surface area contributed by atoms with Crippen LogP contribution in [0.2, 0.25) is 0 Å². The van der Waals surface area contributed by atoms with Crippen LogP contribution < -0.4 is 9.80 Å². The van der Waals surface area contributed by atoms with Gasteiger partial charge in [-0.25, -0.2) is 0 Å². The molecule has 0 spiro atoms. The number of hydrogen-bond acceptors (Lipinski definition) is 2. The Morgan fingerprint density at radius 3 is 0.895 bits per heavy atom. The minimum Gasteiger partial charge on any atom is -0.281 e. The minimum absolute atomic E-state index is 0.0369. The quantitative estimate of drug-likeness (QED) is 0.252. The van der Waals surface area contributed by atoms with Gasteiger partial charge in [0.25, 0.3) is 0 Å². The molecular weight excluding hydrogens is 468 g/mol. The van der Waals surface area contributed by atoms with Crippen molar-refractivity contribution in [3.05, 3.63) is 108 Å². The summed E-state index contributed by atoms with van der Waals surface area (Å²) in [5.74, 6) is 0.803. The summed E-state index contributed by atoms with van der Waals surface area (Å²) in [4.78, 5) is 28.5. The summed E-state index contributed by atoms with van der Waals surface area (Å²) < 4.78 is 0. The van der Waals surface area contributed by atoms with Crippen LogP contribution in [-0.4, -0.2) is 11.8 Å². The Bertz CT molecular complexity index is 1270. The molecular formula is C34H36N2O2. The van der Waals surface area contributed by atoms with Gasteiger partial charge in [-0.1, -0.05) is 76.2 Å². The van der Waals surface area contributed by atoms with E-state index in [4.69, 9.17) is 0 Å². The van der Waals surface area contributed by atoms with Gasteiger partial charge in [0.05, 0.1) is 0 Å². The molecule has 0 N–H and O–H groups in total. The van der Waals surface area contributed by atoms with Crippen molar-refractivity contribution in [1.29, 1.82) is 0 Å². The van der Waals surface area contributed by atoms with E-state index in [-0.39, 0.29) is 11.8 Å². The fourth-order valence-corrected chi connectivity index (χ4v) is 4.65. The van der Waals surface area contributed by atoms with Crippen molar-refractivity contribution in [3.8, 4) is 11.1 Å². The summed E-state index contributed by atoms with van der Waals surface area (Å²) in [5, 5.41) is 0. The van der Waals surface area contributed by atoms with Crippen molar-refractivity contribution in [3.63, 3.8) is 0 Å². The van der Waals surface area contributed by atoms with Crippen LogP contribution in [0, 0.1) is 0 Å². The predicted octanol–water partition coefficient (Wildman–Crippen LogP) is 8.97. The van der Waals surface area contributed by atoms with E-state index in [1.54, 1.807) is 23.6 Å². The van der Waals surface area contributed by atoms with Crippen molar-refractivity contribution in [2.45, 2.75) is 53.4 Å². The van der Waals surface area contributed by atoms with Gasteiger partial charge in [-0.2, -0.15) is 0 Å². The molecule has 4 nitrogen and oxygen atoms in total. The van der Waals surface area contributed by atoms with Gasteiger partial charge in [0.1, 0.15) is 0 Å². The Balaban J connectivity index is 1.56. The average molecular weight is 505 g/mol. The molecule has 194 valence electrons. The first-order valence-electron chi connectivity index (χ1n) is 13.2. The second-order valence-corrected chi connectivity index (χ2v) is 10.3. The standard InChI is InChI=1S/C34H36N2O2/c1-23(2)27-7-15-31(16-8-27)35(25(5)37)33-19-11-29(12-20-33)30-13-21-34(22-14-30)36(26(6)38)32-17-9-28(10-18-32)24(3)4/h7-24H,1-6H3. The predicted molar refractivity (Wildman–Crippen MR) is 159 cm³/mol. The smallest absolute Gasteiger partial charge is 0.228 e. The van der Waals surface area contributed by atoms with Gasteiger partial charge in [-0.15, -0.1) is 0 Å². The number of amides is 2. The largest absolute Gasteiger partial charge is 0.281 e. The lowest BCUT2D eigenvalue weighted by Crippen LogP contribution is -2.22. The lowest BCUT2D eigenvalue weighted by atomic mass is 10.0. The molecule has 4 aromatic rings. The van der Waals surface area contributed by atoms with Gasteiger partial charge in [0.15, 0.2) is 0 Å². The second-order valence-electron chi connectivity index (χ2n) is 10.3. The van der Waals surface area contributed by atoms with Gasteiger partial charge < -0.3 is 0 Å². The van der Waals surface area contributed by atoms with E-state index in [2.05, 4.69) is 52.0 Å². The third kappa shape index (κ3) is 5.86. The molecule has 4 heteroatoms. The van der Waals surface area contributed by atoms with Gasteiger partial charge in [0.2, 0.25) is 11.8 Å². The molecule has 38 heavy (non-hydrogen) atoms. The van der Waals surface area contributed by atoms with Crippen molar-refractivity contribution in [2.75, 3.05) is 9.80 Å². The lowest BCUT2D eigenvalue weighted by Gasteiger charge is -2.23. The molecule has 0 saturated heterocycles. The van der Waals surface area contributed by atoms with Crippen LogP contribution in [0.4, 0.5) is 22.7 Å². The molecule has 4 rings (SSSR count). The monoisotopic (exact) mass is 504 g/mol. The summed E-state index contributed by atoms with van der Waals surface area (Å²) in [7, 11) is 0. The fraction of sp³-hybridized carbons (Fsp3) is 0.235. The molecule has 2 amide bonds. The van der Waals surface area contributed by atoms with Crippen LogP contribution in [0.15, 0.2) is 97.1 Å². The number of anilines is 4. The van der Waals surface area contributed by atoms with E-state index in [9.17, 15) is 9.59 Å². The SMILES string of the molecule is CC(=O)N(c1ccc(-c2ccc(N(C(C)=O)c3ccc(C(C)C)cc3)cc2)cc1)c1ccc(C(C)C)cc1.